The number of benzene rings is 2. The largest absolute Gasteiger partial charge is 0.461 e. The van der Waals surface area contributed by atoms with Crippen molar-refractivity contribution >= 4 is 28.6 Å². The molecule has 0 spiro atoms. The maximum Gasteiger partial charge on any atom is 0.359 e. The third-order valence-electron chi connectivity index (χ3n) is 4.37. The van der Waals surface area contributed by atoms with Crippen LogP contribution in [-0.4, -0.2) is 27.3 Å². The molecule has 2 aromatic heterocycles. The van der Waals surface area contributed by atoms with E-state index in [1.807, 2.05) is 30.3 Å². The SMILES string of the molecule is CCOC(=O)c1nn(-c2ccccc2)c2nc(-c3ccc(Cl)cc3)c(C#N)cc12. The van der Waals surface area contributed by atoms with Crippen LogP contribution in [0.1, 0.15) is 23.0 Å². The van der Waals surface area contributed by atoms with Gasteiger partial charge < -0.3 is 4.74 Å². The zero-order chi connectivity index (χ0) is 20.4. The predicted octanol–water partition coefficient (Wildman–Crippen LogP) is 4.79. The van der Waals surface area contributed by atoms with Crippen LogP contribution in [0, 0.1) is 11.3 Å². The van der Waals surface area contributed by atoms with Crippen LogP contribution in [0.3, 0.4) is 0 Å². The molecule has 0 N–H and O–H groups in total. The summed E-state index contributed by atoms with van der Waals surface area (Å²) in [5, 5.41) is 15.2. The van der Waals surface area contributed by atoms with Gasteiger partial charge in [0.05, 0.1) is 28.9 Å². The van der Waals surface area contributed by atoms with Gasteiger partial charge in [-0.2, -0.15) is 10.4 Å². The molecule has 0 radical (unpaired) electrons. The van der Waals surface area contributed by atoms with Crippen molar-refractivity contribution in [2.24, 2.45) is 0 Å². The highest BCUT2D eigenvalue weighted by Crippen LogP contribution is 2.29. The zero-order valence-electron chi connectivity index (χ0n) is 15.5. The van der Waals surface area contributed by atoms with Crippen molar-refractivity contribution in [2.75, 3.05) is 6.61 Å². The lowest BCUT2D eigenvalue weighted by atomic mass is 10.0. The molecule has 29 heavy (non-hydrogen) atoms. The number of ether oxygens (including phenoxy) is 1. The van der Waals surface area contributed by atoms with Gasteiger partial charge in [0.1, 0.15) is 6.07 Å². The first-order valence-electron chi connectivity index (χ1n) is 8.94. The number of nitriles is 1. The van der Waals surface area contributed by atoms with Crippen molar-refractivity contribution in [1.29, 1.82) is 5.26 Å². The van der Waals surface area contributed by atoms with E-state index in [4.69, 9.17) is 21.3 Å². The lowest BCUT2D eigenvalue weighted by Gasteiger charge is -2.07. The van der Waals surface area contributed by atoms with Gasteiger partial charge >= 0.3 is 5.97 Å². The highest BCUT2D eigenvalue weighted by molar-refractivity contribution is 6.30. The molecule has 2 aromatic carbocycles. The molecule has 4 rings (SSSR count). The van der Waals surface area contributed by atoms with E-state index in [0.717, 1.165) is 11.3 Å². The number of esters is 1. The Morgan fingerprint density at radius 3 is 2.55 bits per heavy atom. The summed E-state index contributed by atoms with van der Waals surface area (Å²) in [6, 6.07) is 20.2. The van der Waals surface area contributed by atoms with Crippen LogP contribution in [0.4, 0.5) is 0 Å². The molecule has 0 unspecified atom stereocenters. The summed E-state index contributed by atoms with van der Waals surface area (Å²) < 4.78 is 6.73. The van der Waals surface area contributed by atoms with Gasteiger partial charge in [0.25, 0.3) is 0 Å². The molecule has 6 nitrogen and oxygen atoms in total. The van der Waals surface area contributed by atoms with Crippen LogP contribution in [-0.2, 0) is 4.74 Å². The number of carbonyl (C=O) groups is 1. The molecule has 7 heteroatoms. The summed E-state index contributed by atoms with van der Waals surface area (Å²) in [6.45, 7) is 1.95. The van der Waals surface area contributed by atoms with Crippen molar-refractivity contribution < 1.29 is 9.53 Å². The molecule has 0 aliphatic carbocycles. The molecule has 4 aromatic rings. The molecule has 2 heterocycles. The van der Waals surface area contributed by atoms with E-state index in [-0.39, 0.29) is 12.3 Å². The molecule has 0 aliphatic rings. The monoisotopic (exact) mass is 402 g/mol. The van der Waals surface area contributed by atoms with Crippen LogP contribution < -0.4 is 0 Å². The summed E-state index contributed by atoms with van der Waals surface area (Å²) in [6.07, 6.45) is 0. The fourth-order valence-corrected chi connectivity index (χ4v) is 3.18. The van der Waals surface area contributed by atoms with E-state index in [0.29, 0.717) is 27.3 Å². The number of hydrogen-bond acceptors (Lipinski definition) is 5. The summed E-state index contributed by atoms with van der Waals surface area (Å²) in [5.74, 6) is -0.558. The van der Waals surface area contributed by atoms with Gasteiger partial charge in [-0.1, -0.05) is 41.9 Å². The lowest BCUT2D eigenvalue weighted by molar-refractivity contribution is 0.0521. The van der Waals surface area contributed by atoms with Crippen LogP contribution in [0.15, 0.2) is 60.7 Å². The molecule has 0 bridgehead atoms. The predicted molar refractivity (Wildman–Crippen MR) is 110 cm³/mol. The van der Waals surface area contributed by atoms with Gasteiger partial charge in [0.15, 0.2) is 11.3 Å². The van der Waals surface area contributed by atoms with E-state index in [2.05, 4.69) is 11.2 Å². The molecular weight excluding hydrogens is 388 g/mol. The maximum absolute atomic E-state index is 12.5. The van der Waals surface area contributed by atoms with Crippen molar-refractivity contribution in [3.8, 4) is 23.0 Å². The van der Waals surface area contributed by atoms with E-state index < -0.39 is 5.97 Å². The number of pyridine rings is 1. The van der Waals surface area contributed by atoms with Crippen molar-refractivity contribution in [3.63, 3.8) is 0 Å². The summed E-state index contributed by atoms with van der Waals surface area (Å²) >= 11 is 5.99. The number of rotatable bonds is 4. The minimum Gasteiger partial charge on any atom is -0.461 e. The molecule has 0 saturated heterocycles. The highest BCUT2D eigenvalue weighted by atomic mass is 35.5. The van der Waals surface area contributed by atoms with Gasteiger partial charge in [0.2, 0.25) is 0 Å². The van der Waals surface area contributed by atoms with Gasteiger partial charge in [-0.05, 0) is 37.3 Å². The topological polar surface area (TPSA) is 80.8 Å². The first-order chi connectivity index (χ1) is 14.1. The Morgan fingerprint density at radius 2 is 1.90 bits per heavy atom. The molecular formula is C22H15ClN4O2. The van der Waals surface area contributed by atoms with Crippen LogP contribution in [0.25, 0.3) is 28.0 Å². The Bertz CT molecular complexity index is 1240. The van der Waals surface area contributed by atoms with E-state index in [1.54, 1.807) is 41.9 Å². The second kappa shape index (κ2) is 7.74. The third kappa shape index (κ3) is 3.44. The smallest absolute Gasteiger partial charge is 0.359 e. The van der Waals surface area contributed by atoms with E-state index in [1.165, 1.54) is 0 Å². The van der Waals surface area contributed by atoms with E-state index >= 15 is 0 Å². The van der Waals surface area contributed by atoms with Crippen molar-refractivity contribution in [2.45, 2.75) is 6.92 Å². The highest BCUT2D eigenvalue weighted by Gasteiger charge is 2.23. The number of halogens is 1. The fraction of sp³-hybridized carbons (Fsp3) is 0.0909. The maximum atomic E-state index is 12.5. The minimum absolute atomic E-state index is 0.123. The first-order valence-corrected chi connectivity index (χ1v) is 9.32. The quantitative estimate of drug-likeness (QED) is 0.458. The number of aromatic nitrogens is 3. The molecule has 0 aliphatic heterocycles. The number of nitrogens with zero attached hydrogens (tertiary/aromatic N) is 4. The standard InChI is InChI=1S/C22H15ClN4O2/c1-2-29-22(28)20-18-12-15(13-24)19(14-8-10-16(23)11-9-14)25-21(18)27(26-20)17-6-4-3-5-7-17/h3-12H,2H2,1H3. The first kappa shape index (κ1) is 18.7. The van der Waals surface area contributed by atoms with Crippen LogP contribution >= 0.6 is 11.6 Å². The zero-order valence-corrected chi connectivity index (χ0v) is 16.2. The van der Waals surface area contributed by atoms with Gasteiger partial charge in [-0.3, -0.25) is 0 Å². The molecule has 0 atom stereocenters. The third-order valence-corrected chi connectivity index (χ3v) is 4.62. The van der Waals surface area contributed by atoms with Gasteiger partial charge in [0, 0.05) is 10.6 Å². The molecule has 0 fully saturated rings. The van der Waals surface area contributed by atoms with Gasteiger partial charge in [-0.25, -0.2) is 14.5 Å². The molecule has 0 saturated carbocycles. The van der Waals surface area contributed by atoms with Crippen molar-refractivity contribution in [3.05, 3.63) is 76.9 Å². The van der Waals surface area contributed by atoms with E-state index in [9.17, 15) is 10.1 Å². The van der Waals surface area contributed by atoms with Gasteiger partial charge in [-0.15, -0.1) is 0 Å². The average Bonchev–Trinajstić information content (AvgIpc) is 3.13. The molecule has 142 valence electrons. The number of carbonyl (C=O) groups excluding carboxylic acids is 1. The Balaban J connectivity index is 2.02. The summed E-state index contributed by atoms with van der Waals surface area (Å²) in [7, 11) is 0. The Kier molecular flexibility index (Phi) is 4.98. The summed E-state index contributed by atoms with van der Waals surface area (Å²) in [4.78, 5) is 17.2. The second-order valence-electron chi connectivity index (χ2n) is 6.19. The molecule has 0 amide bonds. The van der Waals surface area contributed by atoms with Crippen molar-refractivity contribution in [1.82, 2.24) is 14.8 Å². The summed E-state index contributed by atoms with van der Waals surface area (Å²) in [5.41, 5.74) is 2.89. The van der Waals surface area contributed by atoms with Crippen LogP contribution in [0.2, 0.25) is 5.02 Å². The van der Waals surface area contributed by atoms with Crippen LogP contribution in [0.5, 0.6) is 0 Å². The fourth-order valence-electron chi connectivity index (χ4n) is 3.05. The normalized spacial score (nSPS) is 10.7. The number of hydrogen-bond donors (Lipinski definition) is 0. The average molecular weight is 403 g/mol. The number of para-hydroxylation sites is 1. The Hall–Kier alpha value is -3.69. The Morgan fingerprint density at radius 1 is 1.17 bits per heavy atom. The second-order valence-corrected chi connectivity index (χ2v) is 6.63. The lowest BCUT2D eigenvalue weighted by Crippen LogP contribution is -2.07. The number of fused-ring (bicyclic) bond motifs is 1. The minimum atomic E-state index is -0.558. The Labute approximate surface area is 171 Å².